The first-order valence-corrected chi connectivity index (χ1v) is 10.8. The van der Waals surface area contributed by atoms with Crippen molar-refractivity contribution in [2.75, 3.05) is 12.4 Å². The SMILES string of the molecule is O=c1c2ccccc2nc(SCCOc2ccc(Cl)cc2Cl)n1-c1ccccc1F. The van der Waals surface area contributed by atoms with Gasteiger partial charge in [0.05, 0.1) is 28.2 Å². The van der Waals surface area contributed by atoms with Gasteiger partial charge in [0.15, 0.2) is 5.16 Å². The summed E-state index contributed by atoms with van der Waals surface area (Å²) >= 11 is 13.3. The standard InChI is InChI=1S/C22H15Cl2FN2O2S/c23-14-9-10-20(16(24)13-14)29-11-12-30-22-26-18-7-3-1-5-15(18)21(28)27(22)19-8-4-2-6-17(19)25/h1-10,13H,11-12H2. The van der Waals surface area contributed by atoms with E-state index in [9.17, 15) is 9.18 Å². The van der Waals surface area contributed by atoms with Gasteiger partial charge in [-0.15, -0.1) is 0 Å². The second-order valence-electron chi connectivity index (χ2n) is 6.28. The highest BCUT2D eigenvalue weighted by Gasteiger charge is 2.16. The molecule has 0 saturated carbocycles. The molecule has 152 valence electrons. The third-order valence-corrected chi connectivity index (χ3v) is 5.74. The predicted molar refractivity (Wildman–Crippen MR) is 120 cm³/mol. The molecular formula is C22H15Cl2FN2O2S. The van der Waals surface area contributed by atoms with Gasteiger partial charge < -0.3 is 4.74 Å². The molecule has 0 N–H and O–H groups in total. The number of fused-ring (bicyclic) bond motifs is 1. The molecule has 0 unspecified atom stereocenters. The van der Waals surface area contributed by atoms with Crippen LogP contribution < -0.4 is 10.3 Å². The van der Waals surface area contributed by atoms with Crippen LogP contribution >= 0.6 is 35.0 Å². The summed E-state index contributed by atoms with van der Waals surface area (Å²) in [6.45, 7) is 0.311. The number of rotatable bonds is 6. The van der Waals surface area contributed by atoms with E-state index in [0.29, 0.717) is 44.2 Å². The van der Waals surface area contributed by atoms with Crippen LogP contribution in [0.4, 0.5) is 4.39 Å². The van der Waals surface area contributed by atoms with Gasteiger partial charge in [0.1, 0.15) is 11.6 Å². The molecule has 4 aromatic rings. The van der Waals surface area contributed by atoms with Crippen molar-refractivity contribution in [1.29, 1.82) is 0 Å². The minimum absolute atomic E-state index is 0.157. The van der Waals surface area contributed by atoms with Crippen molar-refractivity contribution >= 4 is 45.9 Å². The van der Waals surface area contributed by atoms with Crippen molar-refractivity contribution in [2.24, 2.45) is 0 Å². The van der Waals surface area contributed by atoms with E-state index in [4.69, 9.17) is 27.9 Å². The maximum Gasteiger partial charge on any atom is 0.266 e. The molecule has 0 fully saturated rings. The molecule has 1 heterocycles. The van der Waals surface area contributed by atoms with E-state index in [0.717, 1.165) is 0 Å². The van der Waals surface area contributed by atoms with Crippen LogP contribution in [-0.4, -0.2) is 21.9 Å². The number of para-hydroxylation sites is 2. The third-order valence-electron chi connectivity index (χ3n) is 4.30. The fourth-order valence-electron chi connectivity index (χ4n) is 2.93. The van der Waals surface area contributed by atoms with Crippen LogP contribution in [0.1, 0.15) is 0 Å². The molecule has 0 aliphatic heterocycles. The van der Waals surface area contributed by atoms with Gasteiger partial charge in [-0.25, -0.2) is 9.37 Å². The fourth-order valence-corrected chi connectivity index (χ4v) is 4.22. The molecule has 0 saturated heterocycles. The van der Waals surface area contributed by atoms with Gasteiger partial charge in [-0.05, 0) is 42.5 Å². The van der Waals surface area contributed by atoms with E-state index < -0.39 is 5.82 Å². The minimum Gasteiger partial charge on any atom is -0.491 e. The van der Waals surface area contributed by atoms with Gasteiger partial charge in [0.2, 0.25) is 0 Å². The van der Waals surface area contributed by atoms with Gasteiger partial charge in [0, 0.05) is 10.8 Å². The van der Waals surface area contributed by atoms with E-state index in [1.54, 1.807) is 54.6 Å². The van der Waals surface area contributed by atoms with Crippen molar-refractivity contribution < 1.29 is 9.13 Å². The quantitative estimate of drug-likeness (QED) is 0.201. The van der Waals surface area contributed by atoms with Gasteiger partial charge >= 0.3 is 0 Å². The van der Waals surface area contributed by atoms with Crippen LogP contribution in [-0.2, 0) is 0 Å². The number of aromatic nitrogens is 2. The van der Waals surface area contributed by atoms with E-state index in [2.05, 4.69) is 4.98 Å². The zero-order valence-corrected chi connectivity index (χ0v) is 17.8. The summed E-state index contributed by atoms with van der Waals surface area (Å²) in [6, 6.07) is 18.1. The third kappa shape index (κ3) is 4.31. The minimum atomic E-state index is -0.497. The Morgan fingerprint density at radius 3 is 2.60 bits per heavy atom. The molecule has 4 nitrogen and oxygen atoms in total. The average Bonchev–Trinajstić information content (AvgIpc) is 2.73. The van der Waals surface area contributed by atoms with Crippen molar-refractivity contribution in [3.8, 4) is 11.4 Å². The molecular weight excluding hydrogens is 446 g/mol. The highest BCUT2D eigenvalue weighted by Crippen LogP contribution is 2.28. The van der Waals surface area contributed by atoms with Crippen LogP contribution in [0.5, 0.6) is 5.75 Å². The van der Waals surface area contributed by atoms with Crippen molar-refractivity contribution in [3.05, 3.63) is 92.9 Å². The molecule has 0 spiro atoms. The molecule has 0 aliphatic rings. The smallest absolute Gasteiger partial charge is 0.266 e. The Bertz CT molecular complexity index is 1280. The highest BCUT2D eigenvalue weighted by molar-refractivity contribution is 7.99. The fraction of sp³-hybridized carbons (Fsp3) is 0.0909. The first-order valence-electron chi connectivity index (χ1n) is 9.02. The summed E-state index contributed by atoms with van der Waals surface area (Å²) in [4.78, 5) is 17.7. The average molecular weight is 461 g/mol. The summed E-state index contributed by atoms with van der Waals surface area (Å²) in [7, 11) is 0. The number of hydrogen-bond donors (Lipinski definition) is 0. The summed E-state index contributed by atoms with van der Waals surface area (Å²) in [5.41, 5.74) is 0.388. The Hall–Kier alpha value is -2.54. The molecule has 0 bridgehead atoms. The molecule has 8 heteroatoms. The van der Waals surface area contributed by atoms with Crippen LogP contribution in [0.2, 0.25) is 10.0 Å². The van der Waals surface area contributed by atoms with Gasteiger partial charge in [-0.3, -0.25) is 9.36 Å². The predicted octanol–water partition coefficient (Wildman–Crippen LogP) is 6.00. The highest BCUT2D eigenvalue weighted by atomic mass is 35.5. The van der Waals surface area contributed by atoms with Gasteiger partial charge in [-0.2, -0.15) is 0 Å². The number of thioether (sulfide) groups is 1. The molecule has 4 rings (SSSR count). The largest absolute Gasteiger partial charge is 0.491 e. The Kier molecular flexibility index (Phi) is 6.27. The number of benzene rings is 3. The lowest BCUT2D eigenvalue weighted by molar-refractivity contribution is 0.344. The van der Waals surface area contributed by atoms with E-state index in [1.807, 2.05) is 6.07 Å². The lowest BCUT2D eigenvalue weighted by Crippen LogP contribution is -2.23. The second-order valence-corrected chi connectivity index (χ2v) is 8.18. The number of ether oxygens (including phenoxy) is 1. The maximum absolute atomic E-state index is 14.5. The second kappa shape index (κ2) is 9.08. The number of hydrogen-bond acceptors (Lipinski definition) is 4. The van der Waals surface area contributed by atoms with Crippen molar-refractivity contribution in [3.63, 3.8) is 0 Å². The zero-order valence-electron chi connectivity index (χ0n) is 15.5. The van der Waals surface area contributed by atoms with Crippen LogP contribution in [0.3, 0.4) is 0 Å². The summed E-state index contributed by atoms with van der Waals surface area (Å²) in [6.07, 6.45) is 0. The topological polar surface area (TPSA) is 44.1 Å². The molecule has 0 radical (unpaired) electrons. The van der Waals surface area contributed by atoms with Crippen LogP contribution in [0.15, 0.2) is 76.7 Å². The van der Waals surface area contributed by atoms with Crippen molar-refractivity contribution in [2.45, 2.75) is 5.16 Å². The van der Waals surface area contributed by atoms with Gasteiger partial charge in [-0.1, -0.05) is 59.2 Å². The molecule has 0 atom stereocenters. The Labute approximate surface area is 186 Å². The summed E-state index contributed by atoms with van der Waals surface area (Å²) < 4.78 is 21.5. The lowest BCUT2D eigenvalue weighted by Gasteiger charge is -2.14. The maximum atomic E-state index is 14.5. The zero-order chi connectivity index (χ0) is 21.1. The van der Waals surface area contributed by atoms with Gasteiger partial charge in [0.25, 0.3) is 5.56 Å². The Morgan fingerprint density at radius 1 is 1.03 bits per heavy atom. The molecule has 0 aliphatic carbocycles. The number of nitrogens with zero attached hydrogens (tertiary/aromatic N) is 2. The first kappa shape index (κ1) is 20.7. The summed E-state index contributed by atoms with van der Waals surface area (Å²) in [5, 5.41) is 1.75. The van der Waals surface area contributed by atoms with Crippen LogP contribution in [0, 0.1) is 5.82 Å². The van der Waals surface area contributed by atoms with Crippen LogP contribution in [0.25, 0.3) is 16.6 Å². The Balaban J connectivity index is 1.63. The first-order chi connectivity index (χ1) is 14.5. The van der Waals surface area contributed by atoms with E-state index >= 15 is 0 Å². The van der Waals surface area contributed by atoms with Crippen molar-refractivity contribution in [1.82, 2.24) is 9.55 Å². The molecule has 0 amide bonds. The monoisotopic (exact) mass is 460 g/mol. The molecule has 1 aromatic heterocycles. The number of halogens is 3. The Morgan fingerprint density at radius 2 is 1.80 bits per heavy atom. The molecule has 30 heavy (non-hydrogen) atoms. The molecule has 3 aromatic carbocycles. The van der Waals surface area contributed by atoms with E-state index in [-0.39, 0.29) is 11.2 Å². The normalized spacial score (nSPS) is 11.0. The summed E-state index contributed by atoms with van der Waals surface area (Å²) in [5.74, 6) is 0.486. The van der Waals surface area contributed by atoms with E-state index in [1.165, 1.54) is 22.4 Å². The lowest BCUT2D eigenvalue weighted by atomic mass is 10.2.